The van der Waals surface area contributed by atoms with Gasteiger partial charge in [0, 0.05) is 18.3 Å². The average molecular weight is 244 g/mol. The van der Waals surface area contributed by atoms with Gasteiger partial charge < -0.3 is 14.5 Å². The predicted molar refractivity (Wildman–Crippen MR) is 67.2 cm³/mol. The minimum atomic E-state index is -0.285. The first kappa shape index (κ1) is 11.9. The maximum Gasteiger partial charge on any atom is 0.249 e. The zero-order chi connectivity index (χ0) is 12.8. The van der Waals surface area contributed by atoms with Gasteiger partial charge in [0.25, 0.3) is 0 Å². The molecule has 2 aromatic heterocycles. The molecule has 2 heterocycles. The molecule has 0 spiro atoms. The lowest BCUT2D eigenvalue weighted by Gasteiger charge is -2.03. The maximum absolute atomic E-state index is 11.6. The van der Waals surface area contributed by atoms with Gasteiger partial charge in [0.15, 0.2) is 0 Å². The first-order chi connectivity index (χ1) is 8.78. The van der Waals surface area contributed by atoms with Crippen molar-refractivity contribution in [1.29, 1.82) is 0 Å². The van der Waals surface area contributed by atoms with Crippen LogP contribution in [0, 0.1) is 0 Å². The van der Waals surface area contributed by atoms with Crippen LogP contribution in [0.25, 0.3) is 6.08 Å². The van der Waals surface area contributed by atoms with Gasteiger partial charge in [-0.3, -0.25) is 4.79 Å². The Bertz CT molecular complexity index is 547. The zero-order valence-electron chi connectivity index (χ0n) is 9.79. The molecule has 0 aliphatic heterocycles. The van der Waals surface area contributed by atoms with Crippen LogP contribution >= 0.6 is 0 Å². The summed E-state index contributed by atoms with van der Waals surface area (Å²) < 4.78 is 10.1. The second-order valence-corrected chi connectivity index (χ2v) is 3.42. The number of furan rings is 1. The lowest BCUT2D eigenvalue weighted by atomic mass is 10.3. The lowest BCUT2D eigenvalue weighted by molar-refractivity contribution is -0.111. The van der Waals surface area contributed by atoms with E-state index in [2.05, 4.69) is 10.3 Å². The van der Waals surface area contributed by atoms with Crippen molar-refractivity contribution in [2.45, 2.75) is 0 Å². The number of anilines is 1. The summed E-state index contributed by atoms with van der Waals surface area (Å²) in [5, 5.41) is 2.62. The van der Waals surface area contributed by atoms with Gasteiger partial charge in [0.05, 0.1) is 13.4 Å². The van der Waals surface area contributed by atoms with E-state index in [1.165, 1.54) is 6.08 Å². The van der Waals surface area contributed by atoms with Crippen molar-refractivity contribution in [3.63, 3.8) is 0 Å². The highest BCUT2D eigenvalue weighted by molar-refractivity contribution is 6.01. The van der Waals surface area contributed by atoms with E-state index >= 15 is 0 Å². The van der Waals surface area contributed by atoms with Gasteiger partial charge in [0.2, 0.25) is 5.91 Å². The second kappa shape index (κ2) is 5.67. The Hall–Kier alpha value is -2.56. The van der Waals surface area contributed by atoms with Crippen molar-refractivity contribution in [2.24, 2.45) is 0 Å². The molecule has 0 saturated heterocycles. The number of ether oxygens (including phenoxy) is 1. The summed E-state index contributed by atoms with van der Waals surface area (Å²) >= 11 is 0. The molecule has 2 rings (SSSR count). The van der Waals surface area contributed by atoms with Gasteiger partial charge in [-0.25, -0.2) is 4.98 Å². The largest absolute Gasteiger partial charge is 0.497 e. The molecule has 0 aromatic carbocycles. The summed E-state index contributed by atoms with van der Waals surface area (Å²) in [6, 6.07) is 6.85. The van der Waals surface area contributed by atoms with Gasteiger partial charge in [-0.1, -0.05) is 0 Å². The number of carbonyl (C=O) groups is 1. The Morgan fingerprint density at radius 3 is 3.11 bits per heavy atom. The molecule has 0 unspecified atom stereocenters. The molecule has 0 aliphatic rings. The van der Waals surface area contributed by atoms with Gasteiger partial charge in [-0.05, 0) is 24.3 Å². The van der Waals surface area contributed by atoms with E-state index in [9.17, 15) is 4.79 Å². The molecule has 0 aliphatic carbocycles. The first-order valence-corrected chi connectivity index (χ1v) is 5.30. The van der Waals surface area contributed by atoms with E-state index < -0.39 is 0 Å². The van der Waals surface area contributed by atoms with E-state index in [0.717, 1.165) is 0 Å². The fraction of sp³-hybridized carbons (Fsp3) is 0.0769. The highest BCUT2D eigenvalue weighted by atomic mass is 16.5. The third kappa shape index (κ3) is 3.21. The minimum Gasteiger partial charge on any atom is -0.497 e. The van der Waals surface area contributed by atoms with Gasteiger partial charge in [-0.2, -0.15) is 0 Å². The smallest absolute Gasteiger partial charge is 0.249 e. The Morgan fingerprint density at radius 1 is 1.50 bits per heavy atom. The van der Waals surface area contributed by atoms with E-state index in [1.807, 2.05) is 0 Å². The summed E-state index contributed by atoms with van der Waals surface area (Å²) in [6.45, 7) is 0. The molecule has 18 heavy (non-hydrogen) atoms. The van der Waals surface area contributed by atoms with Crippen LogP contribution < -0.4 is 10.1 Å². The minimum absolute atomic E-state index is 0.285. The molecule has 1 amide bonds. The highest BCUT2D eigenvalue weighted by Crippen LogP contribution is 2.13. The van der Waals surface area contributed by atoms with E-state index in [4.69, 9.17) is 9.15 Å². The van der Waals surface area contributed by atoms with Crippen LogP contribution in [0.15, 0.2) is 47.2 Å². The van der Waals surface area contributed by atoms with Crippen LogP contribution in [0.4, 0.5) is 5.82 Å². The second-order valence-electron chi connectivity index (χ2n) is 3.42. The van der Waals surface area contributed by atoms with Crippen LogP contribution in [-0.2, 0) is 4.79 Å². The Morgan fingerprint density at radius 2 is 2.39 bits per heavy atom. The number of aromatic nitrogens is 1. The Balaban J connectivity index is 1.98. The average Bonchev–Trinajstić information content (AvgIpc) is 2.90. The molecule has 5 heteroatoms. The molecule has 5 nitrogen and oxygen atoms in total. The van der Waals surface area contributed by atoms with Crippen molar-refractivity contribution in [3.05, 3.63) is 48.6 Å². The molecule has 0 radical (unpaired) electrons. The highest BCUT2D eigenvalue weighted by Gasteiger charge is 2.01. The standard InChI is InChI=1S/C13H12N2O3/c1-17-11-6-7-14-12(9-11)15-13(16)5-4-10-3-2-8-18-10/h2-9H,1H3,(H,14,15,16). The molecule has 0 saturated carbocycles. The normalized spacial score (nSPS) is 10.5. The summed E-state index contributed by atoms with van der Waals surface area (Å²) in [4.78, 5) is 15.6. The van der Waals surface area contributed by atoms with E-state index in [-0.39, 0.29) is 5.91 Å². The number of amides is 1. The summed E-state index contributed by atoms with van der Waals surface area (Å²) in [5.74, 6) is 1.40. The van der Waals surface area contributed by atoms with Crippen molar-refractivity contribution < 1.29 is 13.9 Å². The number of methoxy groups -OCH3 is 1. The number of rotatable bonds is 4. The van der Waals surface area contributed by atoms with Crippen LogP contribution in [0.2, 0.25) is 0 Å². The molecule has 0 atom stereocenters. The number of pyridine rings is 1. The van der Waals surface area contributed by atoms with Crippen LogP contribution in [0.1, 0.15) is 5.76 Å². The zero-order valence-corrected chi connectivity index (χ0v) is 9.79. The van der Waals surface area contributed by atoms with Crippen molar-refractivity contribution >= 4 is 17.8 Å². The maximum atomic E-state index is 11.6. The predicted octanol–water partition coefficient (Wildman–Crippen LogP) is 2.34. The molecule has 0 bridgehead atoms. The monoisotopic (exact) mass is 244 g/mol. The van der Waals surface area contributed by atoms with Gasteiger partial charge in [0.1, 0.15) is 17.3 Å². The Kier molecular flexibility index (Phi) is 3.76. The SMILES string of the molecule is COc1ccnc(NC(=O)C=Cc2ccco2)c1. The first-order valence-electron chi connectivity index (χ1n) is 5.30. The third-order valence-electron chi connectivity index (χ3n) is 2.16. The number of carbonyl (C=O) groups excluding carboxylic acids is 1. The summed E-state index contributed by atoms with van der Waals surface area (Å²) in [5.41, 5.74) is 0. The number of hydrogen-bond acceptors (Lipinski definition) is 4. The molecule has 2 aromatic rings. The number of nitrogens with one attached hydrogen (secondary N) is 1. The molecular formula is C13H12N2O3. The van der Waals surface area contributed by atoms with Crippen molar-refractivity contribution in [1.82, 2.24) is 4.98 Å². The van der Waals surface area contributed by atoms with E-state index in [1.54, 1.807) is 49.9 Å². The molecule has 1 N–H and O–H groups in total. The molecule has 0 fully saturated rings. The van der Waals surface area contributed by atoms with Crippen molar-refractivity contribution in [3.8, 4) is 5.75 Å². The van der Waals surface area contributed by atoms with E-state index in [0.29, 0.717) is 17.3 Å². The van der Waals surface area contributed by atoms with Crippen LogP contribution in [0.5, 0.6) is 5.75 Å². The fourth-order valence-electron chi connectivity index (χ4n) is 1.32. The van der Waals surface area contributed by atoms with Gasteiger partial charge >= 0.3 is 0 Å². The van der Waals surface area contributed by atoms with Crippen LogP contribution in [0.3, 0.4) is 0 Å². The topological polar surface area (TPSA) is 64.4 Å². The summed E-state index contributed by atoms with van der Waals surface area (Å²) in [6.07, 6.45) is 6.06. The Labute approximate surface area is 104 Å². The quantitative estimate of drug-likeness (QED) is 0.838. The lowest BCUT2D eigenvalue weighted by Crippen LogP contribution is -2.09. The number of nitrogens with zero attached hydrogens (tertiary/aromatic N) is 1. The van der Waals surface area contributed by atoms with Crippen molar-refractivity contribution in [2.75, 3.05) is 12.4 Å². The third-order valence-corrected chi connectivity index (χ3v) is 2.16. The number of hydrogen-bond donors (Lipinski definition) is 1. The fourth-order valence-corrected chi connectivity index (χ4v) is 1.32. The molecule has 92 valence electrons. The summed E-state index contributed by atoms with van der Waals surface area (Å²) in [7, 11) is 1.55. The van der Waals surface area contributed by atoms with Crippen LogP contribution in [-0.4, -0.2) is 18.0 Å². The van der Waals surface area contributed by atoms with Gasteiger partial charge in [-0.15, -0.1) is 0 Å². The molecular weight excluding hydrogens is 232 g/mol.